The van der Waals surface area contributed by atoms with E-state index in [1.165, 1.54) is 6.42 Å². The molecule has 1 radical (unpaired) electrons. The van der Waals surface area contributed by atoms with Crippen molar-refractivity contribution < 1.29 is 9.39 Å². The molecule has 0 aromatic carbocycles. The van der Waals surface area contributed by atoms with E-state index in [0.29, 0.717) is 14.3 Å². The topological polar surface area (TPSA) is 18.5 Å². The van der Waals surface area contributed by atoms with E-state index >= 15 is 0 Å². The van der Waals surface area contributed by atoms with Crippen LogP contribution in [-0.4, -0.2) is 27.0 Å². The maximum atomic E-state index is 5.34. The van der Waals surface area contributed by atoms with Crippen molar-refractivity contribution in [1.29, 1.82) is 0 Å². The van der Waals surface area contributed by atoms with E-state index < -0.39 is 0 Å². The fraction of sp³-hybridized carbons (Fsp3) is 0.778. The van der Waals surface area contributed by atoms with E-state index in [0.717, 1.165) is 26.1 Å². The van der Waals surface area contributed by atoms with Crippen molar-refractivity contribution in [1.82, 2.24) is 0 Å². The molecule has 0 aromatic heterocycles. The molecule has 0 amide bonds. The van der Waals surface area contributed by atoms with Crippen LogP contribution in [0.25, 0.3) is 0 Å². The summed E-state index contributed by atoms with van der Waals surface area (Å²) in [6.45, 7) is 4.19. The van der Waals surface area contributed by atoms with Crippen molar-refractivity contribution in [2.24, 2.45) is 0 Å². The molecule has 1 atom stereocenters. The summed E-state index contributed by atoms with van der Waals surface area (Å²) in [6.07, 6.45) is 3.10. The Kier molecular flexibility index (Phi) is 13.6. The molecule has 14 heavy (non-hydrogen) atoms. The predicted octanol–water partition coefficient (Wildman–Crippen LogP) is 2.27. The Labute approximate surface area is 94.7 Å². The molecule has 0 bridgehead atoms. The van der Waals surface area contributed by atoms with Gasteiger partial charge in [-0.2, -0.15) is 12.2 Å². The van der Waals surface area contributed by atoms with Crippen LogP contribution >= 0.6 is 19.9 Å². The molecular formula is C9H17BO2PS. The summed E-state index contributed by atoms with van der Waals surface area (Å²) >= 11 is 3.99. The van der Waals surface area contributed by atoms with Crippen LogP contribution in [0.3, 0.4) is 0 Å². The lowest BCUT2D eigenvalue weighted by atomic mass is 10.4. The molecule has 0 saturated heterocycles. The molecule has 0 fully saturated rings. The number of hydrogen-bond donors (Lipinski definition) is 1. The maximum Gasteiger partial charge on any atom is 0.333 e. The second-order valence-electron chi connectivity index (χ2n) is 2.63. The molecule has 0 aliphatic carbocycles. The fourth-order valence-electron chi connectivity index (χ4n) is 0.732. The van der Waals surface area contributed by atoms with Gasteiger partial charge in [-0.25, -0.2) is 0 Å². The van der Waals surface area contributed by atoms with Crippen molar-refractivity contribution >= 4 is 27.1 Å². The first-order chi connectivity index (χ1) is 6.91. The minimum atomic E-state index is 0.424. The molecular weight excluding hydrogens is 214 g/mol. The van der Waals surface area contributed by atoms with Crippen LogP contribution in [-0.2, 0) is 9.39 Å². The normalized spacial score (nSPS) is 10.1. The van der Waals surface area contributed by atoms with Crippen molar-refractivity contribution in [2.45, 2.75) is 26.2 Å². The smallest absolute Gasteiger partial charge is 0.333 e. The van der Waals surface area contributed by atoms with E-state index in [1.54, 1.807) is 7.20 Å². The van der Waals surface area contributed by atoms with Gasteiger partial charge in [0.15, 0.2) is 0 Å². The third-order valence-electron chi connectivity index (χ3n) is 1.43. The number of rotatable bonds is 8. The summed E-state index contributed by atoms with van der Waals surface area (Å²) in [5.74, 6) is 5.88. The zero-order valence-electron chi connectivity index (χ0n) is 8.58. The number of ether oxygens (including phenoxy) is 1. The van der Waals surface area contributed by atoms with Crippen molar-refractivity contribution in [3.05, 3.63) is 0 Å². The van der Waals surface area contributed by atoms with Gasteiger partial charge in [0, 0.05) is 13.0 Å². The Morgan fingerprint density at radius 1 is 1.36 bits per heavy atom. The second kappa shape index (κ2) is 13.3. The van der Waals surface area contributed by atoms with Crippen molar-refractivity contribution in [3.63, 3.8) is 0 Å². The van der Waals surface area contributed by atoms with E-state index in [9.17, 15) is 0 Å². The predicted molar refractivity (Wildman–Crippen MR) is 67.1 cm³/mol. The van der Waals surface area contributed by atoms with Crippen molar-refractivity contribution in [3.8, 4) is 11.8 Å². The highest BCUT2D eigenvalue weighted by molar-refractivity contribution is 8.46. The zero-order valence-corrected chi connectivity index (χ0v) is 10.5. The molecule has 0 aromatic rings. The summed E-state index contributed by atoms with van der Waals surface area (Å²) in [6, 6.07) is 0. The first-order valence-corrected chi connectivity index (χ1v) is 7.14. The average molecular weight is 231 g/mol. The van der Waals surface area contributed by atoms with Gasteiger partial charge in [-0.05, 0) is 6.42 Å². The van der Waals surface area contributed by atoms with Gasteiger partial charge in [0.05, 0.1) is 13.2 Å². The first kappa shape index (κ1) is 14.3. The van der Waals surface area contributed by atoms with E-state index in [2.05, 4.69) is 31.0 Å². The SMILES string of the molecule is CCCCOCCC#CCO[B]PS. The van der Waals surface area contributed by atoms with E-state index in [1.807, 2.05) is 0 Å². The molecule has 0 spiro atoms. The minimum Gasteiger partial charge on any atom is -0.423 e. The Bertz CT molecular complexity index is 170. The molecule has 0 heterocycles. The van der Waals surface area contributed by atoms with Crippen LogP contribution in [0.4, 0.5) is 0 Å². The molecule has 0 aliphatic heterocycles. The highest BCUT2D eigenvalue weighted by Gasteiger charge is 1.85. The quantitative estimate of drug-likeness (QED) is 0.227. The summed E-state index contributed by atoms with van der Waals surface area (Å²) < 4.78 is 10.4. The van der Waals surface area contributed by atoms with Gasteiger partial charge >= 0.3 is 7.20 Å². The van der Waals surface area contributed by atoms with E-state index in [4.69, 9.17) is 9.39 Å². The van der Waals surface area contributed by atoms with Crippen LogP contribution in [0, 0.1) is 11.8 Å². The average Bonchev–Trinajstić information content (AvgIpc) is 2.21. The van der Waals surface area contributed by atoms with Gasteiger partial charge in [0.25, 0.3) is 0 Å². The maximum absolute atomic E-state index is 5.34. The largest absolute Gasteiger partial charge is 0.423 e. The van der Waals surface area contributed by atoms with Gasteiger partial charge in [-0.15, -0.1) is 0 Å². The third kappa shape index (κ3) is 12.3. The Morgan fingerprint density at radius 3 is 2.93 bits per heavy atom. The lowest BCUT2D eigenvalue weighted by Gasteiger charge is -1.98. The zero-order chi connectivity index (χ0) is 10.5. The molecule has 0 aliphatic rings. The summed E-state index contributed by atoms with van der Waals surface area (Å²) in [7, 11) is 2.09. The lowest BCUT2D eigenvalue weighted by molar-refractivity contribution is 0.137. The number of unbranched alkanes of at least 4 members (excludes halogenated alkanes) is 1. The Balaban J connectivity index is 3.02. The Hall–Kier alpha value is 0.325. The summed E-state index contributed by atoms with van der Waals surface area (Å²) in [5, 5.41) is 0. The molecule has 0 rings (SSSR count). The summed E-state index contributed by atoms with van der Waals surface area (Å²) in [5.41, 5.74) is 0. The highest BCUT2D eigenvalue weighted by Crippen LogP contribution is 2.10. The monoisotopic (exact) mass is 231 g/mol. The van der Waals surface area contributed by atoms with Gasteiger partial charge in [-0.1, -0.05) is 32.8 Å². The Morgan fingerprint density at radius 2 is 2.21 bits per heavy atom. The minimum absolute atomic E-state index is 0.424. The molecule has 0 saturated carbocycles. The van der Waals surface area contributed by atoms with Gasteiger partial charge in [0.1, 0.15) is 0 Å². The fourth-order valence-corrected chi connectivity index (χ4v) is 1.11. The molecule has 79 valence electrons. The molecule has 0 N–H and O–H groups in total. The standard InChI is InChI=1S/C9H17BO2PS/c1-2-3-7-11-8-5-4-6-9-12-10-13-14/h13-14H,2-3,5,7-9H2,1H3. The van der Waals surface area contributed by atoms with Crippen LogP contribution < -0.4 is 0 Å². The first-order valence-electron chi connectivity index (χ1n) is 4.78. The second-order valence-corrected chi connectivity index (χ2v) is 3.90. The van der Waals surface area contributed by atoms with Crippen LogP contribution in [0.2, 0.25) is 0 Å². The van der Waals surface area contributed by atoms with Gasteiger partial charge < -0.3 is 9.39 Å². The summed E-state index contributed by atoms with van der Waals surface area (Å²) in [4.78, 5) is 0. The lowest BCUT2D eigenvalue weighted by Crippen LogP contribution is -1.95. The molecule has 5 heteroatoms. The molecule has 2 nitrogen and oxygen atoms in total. The van der Waals surface area contributed by atoms with E-state index in [-0.39, 0.29) is 0 Å². The number of hydrogen-bond acceptors (Lipinski definition) is 3. The van der Waals surface area contributed by atoms with Gasteiger partial charge in [-0.3, -0.25) is 0 Å². The van der Waals surface area contributed by atoms with Crippen molar-refractivity contribution in [2.75, 3.05) is 19.8 Å². The third-order valence-corrected chi connectivity index (χ3v) is 2.02. The number of thiol groups is 1. The molecule has 1 unspecified atom stereocenters. The van der Waals surface area contributed by atoms with Crippen LogP contribution in [0.5, 0.6) is 0 Å². The highest BCUT2D eigenvalue weighted by atomic mass is 32.7. The van der Waals surface area contributed by atoms with Crippen LogP contribution in [0.1, 0.15) is 26.2 Å². The van der Waals surface area contributed by atoms with Crippen LogP contribution in [0.15, 0.2) is 0 Å². The van der Waals surface area contributed by atoms with Gasteiger partial charge in [0.2, 0.25) is 0 Å².